The topological polar surface area (TPSA) is 61.8 Å². The number of nitrogens with zero attached hydrogens (tertiary/aromatic N) is 1. The maximum absolute atomic E-state index is 12.7. The third-order valence-electron chi connectivity index (χ3n) is 3.65. The molecule has 1 atom stereocenters. The van der Waals surface area contributed by atoms with Crippen LogP contribution in [0.15, 0.2) is 0 Å². The van der Waals surface area contributed by atoms with Crippen LogP contribution in [0.2, 0.25) is 0 Å². The molecule has 1 unspecified atom stereocenters. The summed E-state index contributed by atoms with van der Waals surface area (Å²) in [7, 11) is 1.63. The molecule has 5 heteroatoms. The highest BCUT2D eigenvalue weighted by Crippen LogP contribution is 2.33. The summed E-state index contributed by atoms with van der Waals surface area (Å²) in [6.45, 7) is 5.25. The quantitative estimate of drug-likeness (QED) is 0.654. The lowest BCUT2D eigenvalue weighted by Gasteiger charge is -2.33. The fraction of sp³-hybridized carbons (Fsp3) is 0.923. The highest BCUT2D eigenvalue weighted by molar-refractivity contribution is 5.83. The summed E-state index contributed by atoms with van der Waals surface area (Å²) in [5, 5.41) is 12.4. The summed E-state index contributed by atoms with van der Waals surface area (Å²) in [5.74, 6) is 0.167. The predicted molar refractivity (Wildman–Crippen MR) is 70.4 cm³/mol. The number of carbonyl (C=O) groups excluding carboxylic acids is 1. The molecule has 0 aromatic heterocycles. The minimum atomic E-state index is -0.266. The number of rotatable bonds is 8. The van der Waals surface area contributed by atoms with E-state index < -0.39 is 0 Å². The predicted octanol–water partition coefficient (Wildman–Crippen LogP) is 0.234. The Hall–Kier alpha value is -0.650. The van der Waals surface area contributed by atoms with E-state index in [2.05, 4.69) is 12.2 Å². The van der Waals surface area contributed by atoms with Gasteiger partial charge in [-0.25, -0.2) is 0 Å². The Balaban J connectivity index is 2.71. The number of aliphatic hydroxyl groups excluding tert-OH is 1. The zero-order valence-corrected chi connectivity index (χ0v) is 11.6. The van der Waals surface area contributed by atoms with Crippen molar-refractivity contribution in [3.05, 3.63) is 0 Å². The molecule has 106 valence electrons. The van der Waals surface area contributed by atoms with Crippen LogP contribution < -0.4 is 5.32 Å². The van der Waals surface area contributed by atoms with Crippen molar-refractivity contribution >= 4 is 5.91 Å². The van der Waals surface area contributed by atoms with Crippen LogP contribution in [0.25, 0.3) is 0 Å². The molecular weight excluding hydrogens is 232 g/mol. The molecule has 0 aliphatic carbocycles. The summed E-state index contributed by atoms with van der Waals surface area (Å²) in [4.78, 5) is 14.4. The van der Waals surface area contributed by atoms with Crippen LogP contribution in [-0.4, -0.2) is 62.4 Å². The number of hydrogen-bond acceptors (Lipinski definition) is 4. The van der Waals surface area contributed by atoms with E-state index in [0.29, 0.717) is 19.7 Å². The van der Waals surface area contributed by atoms with Gasteiger partial charge < -0.3 is 20.1 Å². The monoisotopic (exact) mass is 258 g/mol. The summed E-state index contributed by atoms with van der Waals surface area (Å²) in [6, 6.07) is 0. The number of methoxy groups -OCH3 is 1. The van der Waals surface area contributed by atoms with Crippen molar-refractivity contribution in [2.24, 2.45) is 5.41 Å². The minimum absolute atomic E-state index is 0.00505. The van der Waals surface area contributed by atoms with Crippen LogP contribution in [0, 0.1) is 5.41 Å². The van der Waals surface area contributed by atoms with Crippen LogP contribution in [-0.2, 0) is 9.53 Å². The van der Waals surface area contributed by atoms with Crippen LogP contribution in [0.5, 0.6) is 0 Å². The first-order valence-corrected chi connectivity index (χ1v) is 6.80. The Morgan fingerprint density at radius 1 is 1.50 bits per heavy atom. The molecule has 18 heavy (non-hydrogen) atoms. The molecule has 0 aromatic rings. The molecule has 1 aliphatic rings. The second-order valence-corrected chi connectivity index (χ2v) is 4.97. The lowest BCUT2D eigenvalue weighted by Crippen LogP contribution is -2.47. The second kappa shape index (κ2) is 7.71. The molecule has 0 spiro atoms. The fourth-order valence-electron chi connectivity index (χ4n) is 2.70. The number of hydrogen-bond donors (Lipinski definition) is 2. The molecule has 0 saturated carbocycles. The third kappa shape index (κ3) is 3.67. The van der Waals surface area contributed by atoms with E-state index in [1.54, 1.807) is 12.0 Å². The lowest BCUT2D eigenvalue weighted by atomic mass is 9.81. The zero-order valence-electron chi connectivity index (χ0n) is 11.6. The van der Waals surface area contributed by atoms with Gasteiger partial charge in [0.15, 0.2) is 0 Å². The normalized spacial score (nSPS) is 23.3. The Labute approximate surface area is 109 Å². The van der Waals surface area contributed by atoms with Crippen LogP contribution in [0.1, 0.15) is 26.2 Å². The molecule has 1 fully saturated rings. The van der Waals surface area contributed by atoms with E-state index in [9.17, 15) is 4.79 Å². The van der Waals surface area contributed by atoms with Gasteiger partial charge in [-0.3, -0.25) is 4.79 Å². The molecule has 0 radical (unpaired) electrons. The van der Waals surface area contributed by atoms with E-state index in [0.717, 1.165) is 32.4 Å². The molecule has 1 amide bonds. The number of carbonyl (C=O) groups is 1. The minimum Gasteiger partial charge on any atom is -0.395 e. The van der Waals surface area contributed by atoms with Crippen LogP contribution in [0.3, 0.4) is 0 Å². The SMILES string of the molecule is CCCC1(C(=O)N(CCO)CCOC)CCNC1. The third-order valence-corrected chi connectivity index (χ3v) is 3.65. The molecule has 0 aromatic carbocycles. The largest absolute Gasteiger partial charge is 0.395 e. The van der Waals surface area contributed by atoms with Crippen molar-refractivity contribution in [1.29, 1.82) is 0 Å². The Kier molecular flexibility index (Phi) is 6.60. The van der Waals surface area contributed by atoms with E-state index in [1.807, 2.05) is 0 Å². The number of aliphatic hydroxyl groups is 1. The first-order chi connectivity index (χ1) is 8.70. The van der Waals surface area contributed by atoms with Crippen LogP contribution in [0.4, 0.5) is 0 Å². The Morgan fingerprint density at radius 3 is 2.78 bits per heavy atom. The molecule has 2 N–H and O–H groups in total. The fourth-order valence-corrected chi connectivity index (χ4v) is 2.70. The molecule has 1 rings (SSSR count). The van der Waals surface area contributed by atoms with Crippen molar-refractivity contribution in [2.45, 2.75) is 26.2 Å². The van der Waals surface area contributed by atoms with Gasteiger partial charge in [-0.15, -0.1) is 0 Å². The second-order valence-electron chi connectivity index (χ2n) is 4.97. The van der Waals surface area contributed by atoms with Gasteiger partial charge in [0.05, 0.1) is 18.6 Å². The molecule has 0 bridgehead atoms. The average molecular weight is 258 g/mol. The Morgan fingerprint density at radius 2 is 2.28 bits per heavy atom. The zero-order chi connectivity index (χ0) is 13.4. The van der Waals surface area contributed by atoms with Gasteiger partial charge in [-0.05, 0) is 19.4 Å². The number of amides is 1. The van der Waals surface area contributed by atoms with Crippen LogP contribution >= 0.6 is 0 Å². The van der Waals surface area contributed by atoms with Gasteiger partial charge in [0.25, 0.3) is 0 Å². The summed E-state index contributed by atoms with van der Waals surface area (Å²) in [6.07, 6.45) is 2.81. The van der Waals surface area contributed by atoms with Gasteiger partial charge >= 0.3 is 0 Å². The Bertz CT molecular complexity index is 253. The molecular formula is C13H26N2O3. The highest BCUT2D eigenvalue weighted by Gasteiger charge is 2.42. The standard InChI is InChI=1S/C13H26N2O3/c1-3-4-13(5-6-14-11-13)12(17)15(7-9-16)8-10-18-2/h14,16H,3-11H2,1-2H3. The average Bonchev–Trinajstić information content (AvgIpc) is 2.84. The van der Waals surface area contributed by atoms with E-state index >= 15 is 0 Å². The van der Waals surface area contributed by atoms with E-state index in [1.165, 1.54) is 0 Å². The lowest BCUT2D eigenvalue weighted by molar-refractivity contribution is -0.142. The van der Waals surface area contributed by atoms with E-state index in [-0.39, 0.29) is 17.9 Å². The summed E-state index contributed by atoms with van der Waals surface area (Å²) >= 11 is 0. The van der Waals surface area contributed by atoms with Gasteiger partial charge in [0, 0.05) is 26.7 Å². The maximum Gasteiger partial charge on any atom is 0.230 e. The van der Waals surface area contributed by atoms with Gasteiger partial charge in [-0.1, -0.05) is 13.3 Å². The van der Waals surface area contributed by atoms with Crippen molar-refractivity contribution in [2.75, 3.05) is 46.5 Å². The summed E-state index contributed by atoms with van der Waals surface area (Å²) in [5.41, 5.74) is -0.266. The smallest absolute Gasteiger partial charge is 0.230 e. The first-order valence-electron chi connectivity index (χ1n) is 6.80. The maximum atomic E-state index is 12.7. The molecule has 5 nitrogen and oxygen atoms in total. The van der Waals surface area contributed by atoms with Crippen molar-refractivity contribution in [3.63, 3.8) is 0 Å². The first kappa shape index (κ1) is 15.4. The molecule has 1 aliphatic heterocycles. The van der Waals surface area contributed by atoms with Gasteiger partial charge in [0.1, 0.15) is 0 Å². The van der Waals surface area contributed by atoms with Crippen molar-refractivity contribution < 1.29 is 14.6 Å². The highest BCUT2D eigenvalue weighted by atomic mass is 16.5. The van der Waals surface area contributed by atoms with E-state index in [4.69, 9.17) is 9.84 Å². The summed E-state index contributed by atoms with van der Waals surface area (Å²) < 4.78 is 5.03. The van der Waals surface area contributed by atoms with Crippen molar-refractivity contribution in [1.82, 2.24) is 10.2 Å². The number of nitrogens with one attached hydrogen (secondary N) is 1. The number of ether oxygens (including phenoxy) is 1. The van der Waals surface area contributed by atoms with Gasteiger partial charge in [-0.2, -0.15) is 0 Å². The molecule has 1 saturated heterocycles. The van der Waals surface area contributed by atoms with Gasteiger partial charge in [0.2, 0.25) is 5.91 Å². The molecule has 1 heterocycles. The van der Waals surface area contributed by atoms with Crippen molar-refractivity contribution in [3.8, 4) is 0 Å².